The van der Waals surface area contributed by atoms with Crippen molar-refractivity contribution in [3.05, 3.63) is 24.3 Å². The molecule has 116 valence electrons. The summed E-state index contributed by atoms with van der Waals surface area (Å²) in [6.07, 6.45) is 0.0218. The zero-order valence-corrected chi connectivity index (χ0v) is 12.6. The molecular weight excluding hydrogens is 272 g/mol. The van der Waals surface area contributed by atoms with Crippen LogP contribution in [0.1, 0.15) is 20.3 Å². The molecule has 0 saturated carbocycles. The number of hydrogen-bond donors (Lipinski definition) is 2. The van der Waals surface area contributed by atoms with Crippen molar-refractivity contribution in [3.8, 4) is 5.75 Å². The number of nitrogens with zero attached hydrogens (tertiary/aromatic N) is 1. The Balaban J connectivity index is 2.54. The van der Waals surface area contributed by atoms with Gasteiger partial charge in [-0.1, -0.05) is 0 Å². The molecule has 0 fully saturated rings. The Bertz CT molecular complexity index is 471. The predicted molar refractivity (Wildman–Crippen MR) is 80.6 cm³/mol. The van der Waals surface area contributed by atoms with Crippen LogP contribution in [0, 0.1) is 0 Å². The number of anilines is 1. The third-order valence-corrected chi connectivity index (χ3v) is 3.06. The molecule has 1 amide bonds. The van der Waals surface area contributed by atoms with Crippen LogP contribution >= 0.6 is 0 Å². The molecular formula is C15H22N2O4. The Morgan fingerprint density at radius 2 is 1.90 bits per heavy atom. The molecule has 0 aliphatic heterocycles. The van der Waals surface area contributed by atoms with E-state index in [-0.39, 0.29) is 24.9 Å². The number of hydrogen-bond acceptors (Lipinski definition) is 4. The summed E-state index contributed by atoms with van der Waals surface area (Å²) in [7, 11) is 1.58. The first-order chi connectivity index (χ1) is 9.92. The van der Waals surface area contributed by atoms with Gasteiger partial charge in [0.25, 0.3) is 0 Å². The second-order valence-corrected chi connectivity index (χ2v) is 4.98. The van der Waals surface area contributed by atoms with E-state index in [0.29, 0.717) is 12.2 Å². The van der Waals surface area contributed by atoms with Crippen LogP contribution in [0.5, 0.6) is 5.75 Å². The quantitative estimate of drug-likeness (QED) is 0.764. The van der Waals surface area contributed by atoms with Crippen LogP contribution in [-0.2, 0) is 9.59 Å². The molecule has 0 aliphatic rings. The first kappa shape index (κ1) is 17.0. The van der Waals surface area contributed by atoms with Crippen molar-refractivity contribution in [2.75, 3.05) is 25.5 Å². The van der Waals surface area contributed by atoms with Crippen LogP contribution in [0.25, 0.3) is 0 Å². The van der Waals surface area contributed by atoms with Gasteiger partial charge in [0.2, 0.25) is 5.91 Å². The average molecular weight is 294 g/mol. The number of carboxylic acid groups (broad SMARTS) is 1. The van der Waals surface area contributed by atoms with E-state index in [0.717, 1.165) is 5.75 Å². The van der Waals surface area contributed by atoms with E-state index in [9.17, 15) is 9.59 Å². The van der Waals surface area contributed by atoms with Gasteiger partial charge in [0.05, 0.1) is 20.1 Å². The molecule has 1 rings (SSSR count). The Labute approximate surface area is 124 Å². The number of benzene rings is 1. The fourth-order valence-electron chi connectivity index (χ4n) is 1.82. The summed E-state index contributed by atoms with van der Waals surface area (Å²) >= 11 is 0. The Kier molecular flexibility index (Phi) is 6.68. The molecule has 0 aromatic heterocycles. The van der Waals surface area contributed by atoms with Crippen LogP contribution in [-0.4, -0.2) is 48.1 Å². The second kappa shape index (κ2) is 8.26. The minimum atomic E-state index is -0.865. The number of methoxy groups -OCH3 is 1. The fourth-order valence-corrected chi connectivity index (χ4v) is 1.82. The van der Waals surface area contributed by atoms with Gasteiger partial charge in [-0.2, -0.15) is 0 Å². The molecule has 2 N–H and O–H groups in total. The van der Waals surface area contributed by atoms with Crippen LogP contribution < -0.4 is 10.1 Å². The third kappa shape index (κ3) is 6.27. The van der Waals surface area contributed by atoms with Gasteiger partial charge in [-0.15, -0.1) is 0 Å². The molecule has 0 heterocycles. The van der Waals surface area contributed by atoms with E-state index in [1.165, 1.54) is 0 Å². The summed E-state index contributed by atoms with van der Waals surface area (Å²) in [4.78, 5) is 24.4. The van der Waals surface area contributed by atoms with Crippen molar-refractivity contribution in [2.24, 2.45) is 0 Å². The number of rotatable bonds is 8. The molecule has 0 atom stereocenters. The molecule has 0 saturated heterocycles. The van der Waals surface area contributed by atoms with Crippen molar-refractivity contribution in [1.29, 1.82) is 0 Å². The highest BCUT2D eigenvalue weighted by Crippen LogP contribution is 2.15. The summed E-state index contributed by atoms with van der Waals surface area (Å²) in [5.41, 5.74) is 0.683. The molecule has 0 unspecified atom stereocenters. The monoisotopic (exact) mass is 294 g/mol. The van der Waals surface area contributed by atoms with Crippen molar-refractivity contribution in [1.82, 2.24) is 4.90 Å². The molecule has 0 radical (unpaired) electrons. The highest BCUT2D eigenvalue weighted by Gasteiger charge is 2.15. The number of amides is 1. The first-order valence-electron chi connectivity index (χ1n) is 6.82. The first-order valence-corrected chi connectivity index (χ1v) is 6.82. The van der Waals surface area contributed by atoms with Crippen molar-refractivity contribution < 1.29 is 19.4 Å². The second-order valence-electron chi connectivity index (χ2n) is 4.98. The lowest BCUT2D eigenvalue weighted by Gasteiger charge is -2.25. The summed E-state index contributed by atoms with van der Waals surface area (Å²) in [6.45, 7) is 4.38. The van der Waals surface area contributed by atoms with Gasteiger partial charge in [0.1, 0.15) is 5.75 Å². The number of ether oxygens (including phenoxy) is 1. The maximum absolute atomic E-state index is 12.0. The van der Waals surface area contributed by atoms with E-state index in [2.05, 4.69) is 5.32 Å². The molecule has 6 heteroatoms. The molecule has 21 heavy (non-hydrogen) atoms. The minimum absolute atomic E-state index is 0.0218. The molecule has 0 aliphatic carbocycles. The minimum Gasteiger partial charge on any atom is -0.497 e. The summed E-state index contributed by atoms with van der Waals surface area (Å²) in [6, 6.07) is 7.15. The van der Waals surface area contributed by atoms with Gasteiger partial charge in [0.15, 0.2) is 0 Å². The summed E-state index contributed by atoms with van der Waals surface area (Å²) in [5.74, 6) is -0.311. The Hall–Kier alpha value is -2.08. The number of carboxylic acids is 1. The van der Waals surface area contributed by atoms with Crippen LogP contribution in [0.15, 0.2) is 24.3 Å². The van der Waals surface area contributed by atoms with Crippen LogP contribution in [0.2, 0.25) is 0 Å². The largest absolute Gasteiger partial charge is 0.497 e. The predicted octanol–water partition coefficient (Wildman–Crippen LogP) is 1.82. The fraction of sp³-hybridized carbons (Fsp3) is 0.467. The van der Waals surface area contributed by atoms with Crippen molar-refractivity contribution in [3.63, 3.8) is 0 Å². The van der Waals surface area contributed by atoms with Gasteiger partial charge in [-0.3, -0.25) is 14.5 Å². The smallest absolute Gasteiger partial charge is 0.304 e. The van der Waals surface area contributed by atoms with Gasteiger partial charge < -0.3 is 15.2 Å². The van der Waals surface area contributed by atoms with Gasteiger partial charge in [-0.25, -0.2) is 0 Å². The van der Waals surface area contributed by atoms with Crippen molar-refractivity contribution >= 4 is 17.6 Å². The van der Waals surface area contributed by atoms with Gasteiger partial charge in [0, 0.05) is 18.3 Å². The summed E-state index contributed by atoms with van der Waals surface area (Å²) < 4.78 is 5.05. The maximum atomic E-state index is 12.0. The topological polar surface area (TPSA) is 78.9 Å². The Morgan fingerprint density at radius 3 is 2.38 bits per heavy atom. The lowest BCUT2D eigenvalue weighted by atomic mass is 10.2. The van der Waals surface area contributed by atoms with Crippen molar-refractivity contribution in [2.45, 2.75) is 26.3 Å². The van der Waals surface area contributed by atoms with E-state index >= 15 is 0 Å². The molecule has 0 spiro atoms. The highest BCUT2D eigenvalue weighted by molar-refractivity contribution is 5.92. The number of nitrogens with one attached hydrogen (secondary N) is 1. The SMILES string of the molecule is COc1ccc(NC(=O)CN(CCC(=O)O)C(C)C)cc1. The Morgan fingerprint density at radius 1 is 1.29 bits per heavy atom. The zero-order valence-electron chi connectivity index (χ0n) is 12.6. The highest BCUT2D eigenvalue weighted by atomic mass is 16.5. The number of carbonyl (C=O) groups excluding carboxylic acids is 1. The molecule has 6 nitrogen and oxygen atoms in total. The average Bonchev–Trinajstić information content (AvgIpc) is 2.43. The molecule has 1 aromatic rings. The lowest BCUT2D eigenvalue weighted by Crippen LogP contribution is -2.39. The van der Waals surface area contributed by atoms with Gasteiger partial charge >= 0.3 is 5.97 Å². The standard InChI is InChI=1S/C15H22N2O4/c1-11(2)17(9-8-15(19)20)10-14(18)16-12-4-6-13(21-3)7-5-12/h4-7,11H,8-10H2,1-3H3,(H,16,18)(H,19,20). The normalized spacial score (nSPS) is 10.7. The maximum Gasteiger partial charge on any atom is 0.304 e. The number of carbonyl (C=O) groups is 2. The van der Waals surface area contributed by atoms with E-state index in [4.69, 9.17) is 9.84 Å². The van der Waals surface area contributed by atoms with E-state index in [1.807, 2.05) is 18.7 Å². The lowest BCUT2D eigenvalue weighted by molar-refractivity contribution is -0.137. The van der Waals surface area contributed by atoms with Crippen LogP contribution in [0.4, 0.5) is 5.69 Å². The third-order valence-electron chi connectivity index (χ3n) is 3.06. The molecule has 1 aromatic carbocycles. The van der Waals surface area contributed by atoms with Crippen LogP contribution in [0.3, 0.4) is 0 Å². The van der Waals surface area contributed by atoms with Gasteiger partial charge in [-0.05, 0) is 38.1 Å². The zero-order chi connectivity index (χ0) is 15.8. The van der Waals surface area contributed by atoms with E-state index < -0.39 is 5.97 Å². The molecule has 0 bridgehead atoms. The van der Waals surface area contributed by atoms with E-state index in [1.54, 1.807) is 31.4 Å². The number of aliphatic carboxylic acids is 1. The summed E-state index contributed by atoms with van der Waals surface area (Å²) in [5, 5.41) is 11.5.